The van der Waals surface area contributed by atoms with Crippen LogP contribution in [-0.4, -0.2) is 41.3 Å². The number of amides is 1. The van der Waals surface area contributed by atoms with Crippen molar-refractivity contribution >= 4 is 6.09 Å². The van der Waals surface area contributed by atoms with Gasteiger partial charge >= 0.3 is 6.09 Å². The smallest absolute Gasteiger partial charge is 0.410 e. The zero-order valence-corrected chi connectivity index (χ0v) is 14.8. The lowest BCUT2D eigenvalue weighted by Gasteiger charge is -2.33. The Balaban J connectivity index is 1.83. The van der Waals surface area contributed by atoms with Gasteiger partial charge in [0.15, 0.2) is 0 Å². The van der Waals surface area contributed by atoms with Crippen LogP contribution < -0.4 is 4.74 Å². The molecule has 130 valence electrons. The minimum Gasteiger partial charge on any atom is -0.476 e. The molecule has 0 atom stereocenters. The lowest BCUT2D eigenvalue weighted by molar-refractivity contribution is 0.0164. The summed E-state index contributed by atoms with van der Waals surface area (Å²) in [6, 6.07) is 5.62. The molecule has 0 spiro atoms. The molecule has 0 radical (unpaired) electrons. The zero-order valence-electron chi connectivity index (χ0n) is 14.8. The standard InChI is InChI=1S/C18H25N3O3/c1-13-5-6-15(11-19)16(20-13)23-12-14-7-9-21(10-8-14)17(22)24-18(2,3)4/h5-6,14H,7-10,12H2,1-4H3. The number of piperidine rings is 1. The van der Waals surface area contributed by atoms with Crippen LogP contribution in [-0.2, 0) is 4.74 Å². The highest BCUT2D eigenvalue weighted by molar-refractivity contribution is 5.68. The first-order valence-corrected chi connectivity index (χ1v) is 8.27. The van der Waals surface area contributed by atoms with Crippen LogP contribution in [0.5, 0.6) is 5.88 Å². The molecule has 0 aromatic carbocycles. The highest BCUT2D eigenvalue weighted by Crippen LogP contribution is 2.22. The van der Waals surface area contributed by atoms with E-state index in [1.165, 1.54) is 0 Å². The summed E-state index contributed by atoms with van der Waals surface area (Å²) < 4.78 is 11.2. The second-order valence-electron chi connectivity index (χ2n) is 7.14. The van der Waals surface area contributed by atoms with Crippen LogP contribution in [0, 0.1) is 24.2 Å². The van der Waals surface area contributed by atoms with Crippen molar-refractivity contribution in [3.63, 3.8) is 0 Å². The van der Waals surface area contributed by atoms with Gasteiger partial charge in [0.05, 0.1) is 6.61 Å². The van der Waals surface area contributed by atoms with Crippen molar-refractivity contribution in [2.24, 2.45) is 5.92 Å². The monoisotopic (exact) mass is 331 g/mol. The maximum atomic E-state index is 12.0. The fourth-order valence-electron chi connectivity index (χ4n) is 2.53. The molecule has 24 heavy (non-hydrogen) atoms. The van der Waals surface area contributed by atoms with Crippen LogP contribution >= 0.6 is 0 Å². The number of aryl methyl sites for hydroxylation is 1. The van der Waals surface area contributed by atoms with E-state index in [0.717, 1.165) is 18.5 Å². The second kappa shape index (κ2) is 7.52. The summed E-state index contributed by atoms with van der Waals surface area (Å²) in [6.45, 7) is 9.30. The van der Waals surface area contributed by atoms with Gasteiger partial charge in [-0.15, -0.1) is 0 Å². The fraction of sp³-hybridized carbons (Fsp3) is 0.611. The minimum atomic E-state index is -0.471. The van der Waals surface area contributed by atoms with E-state index in [-0.39, 0.29) is 6.09 Å². The van der Waals surface area contributed by atoms with E-state index >= 15 is 0 Å². The Hall–Kier alpha value is -2.29. The Labute approximate surface area is 143 Å². The molecule has 1 aromatic heterocycles. The largest absolute Gasteiger partial charge is 0.476 e. The first kappa shape index (κ1) is 18.1. The Morgan fingerprint density at radius 3 is 2.62 bits per heavy atom. The predicted octanol–water partition coefficient (Wildman–Crippen LogP) is 3.29. The molecule has 1 fully saturated rings. The van der Waals surface area contributed by atoms with Crippen LogP contribution in [0.2, 0.25) is 0 Å². The summed E-state index contributed by atoms with van der Waals surface area (Å²) in [5, 5.41) is 9.11. The normalized spacial score (nSPS) is 15.7. The number of likely N-dealkylation sites (tertiary alicyclic amines) is 1. The molecular formula is C18H25N3O3. The maximum absolute atomic E-state index is 12.0. The number of ether oxygens (including phenoxy) is 2. The summed E-state index contributed by atoms with van der Waals surface area (Å²) in [5.41, 5.74) is 0.803. The van der Waals surface area contributed by atoms with Crippen molar-refractivity contribution in [2.75, 3.05) is 19.7 Å². The number of carbonyl (C=O) groups is 1. The van der Waals surface area contributed by atoms with E-state index in [0.29, 0.717) is 37.1 Å². The molecule has 6 nitrogen and oxygen atoms in total. The molecule has 0 N–H and O–H groups in total. The highest BCUT2D eigenvalue weighted by Gasteiger charge is 2.27. The summed E-state index contributed by atoms with van der Waals surface area (Å²) in [6.07, 6.45) is 1.45. The Bertz CT molecular complexity index is 623. The van der Waals surface area contributed by atoms with Gasteiger partial charge in [-0.2, -0.15) is 5.26 Å². The van der Waals surface area contributed by atoms with Gasteiger partial charge in [0.2, 0.25) is 5.88 Å². The Morgan fingerprint density at radius 2 is 2.04 bits per heavy atom. The minimum absolute atomic E-state index is 0.256. The summed E-state index contributed by atoms with van der Waals surface area (Å²) in [7, 11) is 0. The van der Waals surface area contributed by atoms with Crippen molar-refractivity contribution in [1.82, 2.24) is 9.88 Å². The number of hydrogen-bond acceptors (Lipinski definition) is 5. The van der Waals surface area contributed by atoms with Gasteiger partial charge in [0, 0.05) is 18.8 Å². The van der Waals surface area contributed by atoms with E-state index in [2.05, 4.69) is 11.1 Å². The third-order valence-electron chi connectivity index (χ3n) is 3.84. The summed E-state index contributed by atoms with van der Waals surface area (Å²) in [5.74, 6) is 0.740. The first-order chi connectivity index (χ1) is 11.3. The highest BCUT2D eigenvalue weighted by atomic mass is 16.6. The number of carbonyl (C=O) groups excluding carboxylic acids is 1. The van der Waals surface area contributed by atoms with Gasteiger partial charge in [-0.1, -0.05) is 0 Å². The van der Waals surface area contributed by atoms with Crippen LogP contribution in [0.4, 0.5) is 4.79 Å². The van der Waals surface area contributed by atoms with Crippen molar-refractivity contribution in [3.8, 4) is 11.9 Å². The van der Waals surface area contributed by atoms with Crippen molar-refractivity contribution in [3.05, 3.63) is 23.4 Å². The topological polar surface area (TPSA) is 75.5 Å². The molecule has 1 aliphatic rings. The van der Waals surface area contributed by atoms with Gasteiger partial charge in [0.25, 0.3) is 0 Å². The van der Waals surface area contributed by atoms with E-state index < -0.39 is 5.60 Å². The van der Waals surface area contributed by atoms with Crippen LogP contribution in [0.1, 0.15) is 44.9 Å². The molecule has 0 bridgehead atoms. The number of rotatable bonds is 3. The van der Waals surface area contributed by atoms with Crippen molar-refractivity contribution < 1.29 is 14.3 Å². The second-order valence-corrected chi connectivity index (χ2v) is 7.14. The number of aromatic nitrogens is 1. The lowest BCUT2D eigenvalue weighted by Crippen LogP contribution is -2.42. The SMILES string of the molecule is Cc1ccc(C#N)c(OCC2CCN(C(=O)OC(C)(C)C)CC2)n1. The maximum Gasteiger partial charge on any atom is 0.410 e. The molecule has 2 heterocycles. The summed E-state index contributed by atoms with van der Waals surface area (Å²) >= 11 is 0. The first-order valence-electron chi connectivity index (χ1n) is 8.27. The average Bonchev–Trinajstić information content (AvgIpc) is 2.52. The van der Waals surface area contributed by atoms with E-state index in [1.807, 2.05) is 27.7 Å². The molecule has 1 amide bonds. The Kier molecular flexibility index (Phi) is 5.66. The third kappa shape index (κ3) is 5.12. The van der Waals surface area contributed by atoms with Gasteiger partial charge in [0.1, 0.15) is 17.2 Å². The quantitative estimate of drug-likeness (QED) is 0.849. The fourth-order valence-corrected chi connectivity index (χ4v) is 2.53. The van der Waals surface area contributed by atoms with E-state index in [1.54, 1.807) is 17.0 Å². The van der Waals surface area contributed by atoms with Crippen LogP contribution in [0.3, 0.4) is 0 Å². The number of nitrogens with zero attached hydrogens (tertiary/aromatic N) is 3. The molecule has 2 rings (SSSR count). The molecule has 0 saturated carbocycles. The van der Waals surface area contributed by atoms with Crippen LogP contribution in [0.15, 0.2) is 12.1 Å². The lowest BCUT2D eigenvalue weighted by atomic mass is 9.98. The van der Waals surface area contributed by atoms with Gasteiger partial charge in [-0.05, 0) is 58.6 Å². The number of hydrogen-bond donors (Lipinski definition) is 0. The predicted molar refractivity (Wildman–Crippen MR) is 89.7 cm³/mol. The molecule has 0 unspecified atom stereocenters. The molecule has 6 heteroatoms. The third-order valence-corrected chi connectivity index (χ3v) is 3.84. The molecule has 1 aliphatic heterocycles. The average molecular weight is 331 g/mol. The molecule has 1 aromatic rings. The Morgan fingerprint density at radius 1 is 1.38 bits per heavy atom. The molecule has 1 saturated heterocycles. The van der Waals surface area contributed by atoms with E-state index in [4.69, 9.17) is 14.7 Å². The van der Waals surface area contributed by atoms with Gasteiger partial charge < -0.3 is 14.4 Å². The van der Waals surface area contributed by atoms with Crippen molar-refractivity contribution in [1.29, 1.82) is 5.26 Å². The van der Waals surface area contributed by atoms with Crippen LogP contribution in [0.25, 0.3) is 0 Å². The zero-order chi connectivity index (χ0) is 17.7. The van der Waals surface area contributed by atoms with E-state index in [9.17, 15) is 4.79 Å². The molecule has 0 aliphatic carbocycles. The van der Waals surface area contributed by atoms with Crippen molar-refractivity contribution in [2.45, 2.75) is 46.1 Å². The van der Waals surface area contributed by atoms with Gasteiger partial charge in [-0.3, -0.25) is 0 Å². The number of nitriles is 1. The number of pyridine rings is 1. The molecular weight excluding hydrogens is 306 g/mol. The van der Waals surface area contributed by atoms with Gasteiger partial charge in [-0.25, -0.2) is 9.78 Å². The summed E-state index contributed by atoms with van der Waals surface area (Å²) in [4.78, 5) is 18.1.